The van der Waals surface area contributed by atoms with Crippen molar-refractivity contribution in [1.29, 1.82) is 0 Å². The number of nitrogens with one attached hydrogen (secondary N) is 4. The molecule has 1 aliphatic rings. The summed E-state index contributed by atoms with van der Waals surface area (Å²) in [7, 11) is 0. The van der Waals surface area contributed by atoms with Crippen LogP contribution in [0.4, 0.5) is 0 Å². The lowest BCUT2D eigenvalue weighted by atomic mass is 10.0. The molecule has 0 spiro atoms. The summed E-state index contributed by atoms with van der Waals surface area (Å²) in [6.07, 6.45) is -0.816. The maximum absolute atomic E-state index is 13.2. The Balaban J connectivity index is 2.85. The van der Waals surface area contributed by atoms with E-state index in [1.807, 2.05) is 27.7 Å². The quantitative estimate of drug-likeness (QED) is 0.0842. The zero-order chi connectivity index (χ0) is 33.0. The molecule has 0 aromatic rings. The second-order valence-electron chi connectivity index (χ2n) is 11.6. The van der Waals surface area contributed by atoms with Gasteiger partial charge in [0.15, 0.2) is 0 Å². The molecule has 16 heteroatoms. The molecule has 0 aliphatic carbocycles. The minimum atomic E-state index is -1.57. The lowest BCUT2D eigenvalue weighted by molar-refractivity contribution is -0.143. The fraction of sp³-hybridized carbons (Fsp3) is 0.741. The van der Waals surface area contributed by atoms with Crippen molar-refractivity contribution in [3.8, 4) is 0 Å². The maximum atomic E-state index is 13.2. The monoisotopic (exact) mass is 613 g/mol. The van der Waals surface area contributed by atoms with Crippen LogP contribution >= 0.6 is 0 Å². The van der Waals surface area contributed by atoms with Gasteiger partial charge in [0.1, 0.15) is 24.2 Å². The lowest BCUT2D eigenvalue weighted by Gasteiger charge is -2.29. The molecule has 1 saturated heterocycles. The second kappa shape index (κ2) is 17.4. The van der Waals surface area contributed by atoms with E-state index in [1.165, 1.54) is 11.8 Å². The van der Waals surface area contributed by atoms with E-state index in [1.54, 1.807) is 0 Å². The number of likely N-dealkylation sites (tertiary alicyclic amines) is 1. The van der Waals surface area contributed by atoms with Gasteiger partial charge < -0.3 is 47.8 Å². The maximum Gasteiger partial charge on any atom is 0.326 e. The number of nitrogens with two attached hydrogens (primary N) is 2. The minimum absolute atomic E-state index is 0.0272. The highest BCUT2D eigenvalue weighted by atomic mass is 16.4. The van der Waals surface area contributed by atoms with Gasteiger partial charge in [0.05, 0.1) is 18.7 Å². The average Bonchev–Trinajstić information content (AvgIpc) is 3.40. The smallest absolute Gasteiger partial charge is 0.326 e. The van der Waals surface area contributed by atoms with E-state index in [2.05, 4.69) is 21.3 Å². The Morgan fingerprint density at radius 1 is 0.930 bits per heavy atom. The molecule has 1 fully saturated rings. The third-order valence-corrected chi connectivity index (χ3v) is 6.98. The standard InChI is InChI=1S/C27H47N7O9/c1-13(2)11-17(32-24(39)18-7-6-10-34(18)26(41)21(29)14(3)4)23(38)30-12-20(37)33-22(15(5)35)25(40)31-16(27(42)43)8-9-19(28)36/h13-18,21-22,35H,6-12,29H2,1-5H3,(H2,28,36)(H,30,38)(H,31,40)(H,32,39)(H,33,37)(H,42,43)/t15-,16+,17+,18+,21+,22+/m1/s1. The van der Waals surface area contributed by atoms with E-state index in [4.69, 9.17) is 11.5 Å². The molecule has 0 aromatic heterocycles. The largest absolute Gasteiger partial charge is 0.480 e. The van der Waals surface area contributed by atoms with Gasteiger partial charge in [0, 0.05) is 13.0 Å². The highest BCUT2D eigenvalue weighted by molar-refractivity contribution is 5.95. The zero-order valence-corrected chi connectivity index (χ0v) is 25.4. The van der Waals surface area contributed by atoms with Gasteiger partial charge in [-0.1, -0.05) is 27.7 Å². The topological polar surface area (TPSA) is 263 Å². The van der Waals surface area contributed by atoms with E-state index in [0.29, 0.717) is 19.4 Å². The van der Waals surface area contributed by atoms with Crippen LogP contribution in [0.1, 0.15) is 66.7 Å². The van der Waals surface area contributed by atoms with E-state index in [9.17, 15) is 43.8 Å². The Kier molecular flexibility index (Phi) is 15.0. The molecule has 0 unspecified atom stereocenters. The molecule has 0 aromatic carbocycles. The molecule has 16 nitrogen and oxygen atoms in total. The van der Waals surface area contributed by atoms with Crippen LogP contribution in [0.3, 0.4) is 0 Å². The van der Waals surface area contributed by atoms with Crippen LogP contribution in [-0.2, 0) is 33.6 Å². The van der Waals surface area contributed by atoms with E-state index in [0.717, 1.165) is 0 Å². The molecule has 10 N–H and O–H groups in total. The number of amides is 6. The van der Waals surface area contributed by atoms with Gasteiger partial charge in [-0.2, -0.15) is 0 Å². The molecule has 6 amide bonds. The summed E-state index contributed by atoms with van der Waals surface area (Å²) in [6, 6.07) is -5.65. The van der Waals surface area contributed by atoms with Crippen LogP contribution in [0.25, 0.3) is 0 Å². The summed E-state index contributed by atoms with van der Waals surface area (Å²) in [5.41, 5.74) is 11.0. The van der Waals surface area contributed by atoms with Crippen molar-refractivity contribution in [2.45, 2.75) is 103 Å². The van der Waals surface area contributed by atoms with Gasteiger partial charge in [-0.25, -0.2) is 4.79 Å². The summed E-state index contributed by atoms with van der Waals surface area (Å²) in [4.78, 5) is 88.0. The summed E-state index contributed by atoms with van der Waals surface area (Å²) in [6.45, 7) is 8.24. The number of carbonyl (C=O) groups is 7. The van der Waals surface area contributed by atoms with Crippen molar-refractivity contribution in [3.05, 3.63) is 0 Å². The predicted octanol–water partition coefficient (Wildman–Crippen LogP) is -2.69. The van der Waals surface area contributed by atoms with Gasteiger partial charge in [0.2, 0.25) is 35.4 Å². The van der Waals surface area contributed by atoms with Gasteiger partial charge in [-0.3, -0.25) is 28.8 Å². The fourth-order valence-corrected chi connectivity index (χ4v) is 4.48. The molecular formula is C27H47N7O9. The Hall–Kier alpha value is -3.79. The van der Waals surface area contributed by atoms with E-state index in [-0.39, 0.29) is 37.0 Å². The van der Waals surface area contributed by atoms with Gasteiger partial charge in [0.25, 0.3) is 0 Å². The number of primary amides is 1. The Morgan fingerprint density at radius 3 is 2.07 bits per heavy atom. The lowest BCUT2D eigenvalue weighted by Crippen LogP contribution is -2.58. The SMILES string of the molecule is CC(C)C[C@H](NC(=O)[C@@H]1CCCN1C(=O)[C@@H](N)C(C)C)C(=O)NCC(=O)N[C@H](C(=O)N[C@@H](CCC(N)=O)C(=O)O)[C@@H](C)O. The molecule has 43 heavy (non-hydrogen) atoms. The highest BCUT2D eigenvalue weighted by Gasteiger charge is 2.38. The third-order valence-electron chi connectivity index (χ3n) is 6.98. The number of nitrogens with zero attached hydrogens (tertiary/aromatic N) is 1. The number of carbonyl (C=O) groups excluding carboxylic acids is 6. The molecule has 1 rings (SSSR count). The first kappa shape index (κ1) is 37.2. The zero-order valence-electron chi connectivity index (χ0n) is 25.4. The molecule has 1 aliphatic heterocycles. The van der Waals surface area contributed by atoms with Crippen LogP contribution in [0.2, 0.25) is 0 Å². The Bertz CT molecular complexity index is 1030. The van der Waals surface area contributed by atoms with Crippen LogP contribution in [0.5, 0.6) is 0 Å². The first-order chi connectivity index (χ1) is 20.0. The number of hydrogen-bond donors (Lipinski definition) is 8. The summed E-state index contributed by atoms with van der Waals surface area (Å²) < 4.78 is 0. The number of rotatable bonds is 17. The third kappa shape index (κ3) is 12.2. The normalized spacial score (nSPS) is 18.3. The van der Waals surface area contributed by atoms with Crippen LogP contribution in [-0.4, -0.2) is 106 Å². The Morgan fingerprint density at radius 2 is 1.56 bits per heavy atom. The molecule has 244 valence electrons. The fourth-order valence-electron chi connectivity index (χ4n) is 4.48. The minimum Gasteiger partial charge on any atom is -0.480 e. The molecular weight excluding hydrogens is 566 g/mol. The Labute approximate surface area is 251 Å². The van der Waals surface area contributed by atoms with Gasteiger partial charge in [-0.15, -0.1) is 0 Å². The van der Waals surface area contributed by atoms with Crippen LogP contribution < -0.4 is 32.7 Å². The number of carboxylic acids is 1. The van der Waals surface area contributed by atoms with Gasteiger partial charge >= 0.3 is 5.97 Å². The number of aliphatic hydroxyl groups excluding tert-OH is 1. The predicted molar refractivity (Wildman–Crippen MR) is 154 cm³/mol. The van der Waals surface area contributed by atoms with Crippen molar-refractivity contribution in [2.24, 2.45) is 23.3 Å². The van der Waals surface area contributed by atoms with Crippen LogP contribution in [0.15, 0.2) is 0 Å². The summed E-state index contributed by atoms with van der Waals surface area (Å²) in [5.74, 6) is -5.79. The summed E-state index contributed by atoms with van der Waals surface area (Å²) >= 11 is 0. The molecule has 1 heterocycles. The molecule has 0 radical (unpaired) electrons. The summed E-state index contributed by atoms with van der Waals surface area (Å²) in [5, 5.41) is 28.8. The van der Waals surface area contributed by atoms with Crippen molar-refractivity contribution in [3.63, 3.8) is 0 Å². The molecule has 0 saturated carbocycles. The average molecular weight is 614 g/mol. The first-order valence-electron chi connectivity index (χ1n) is 14.4. The second-order valence-corrected chi connectivity index (χ2v) is 11.6. The van der Waals surface area contributed by atoms with Crippen LogP contribution in [0, 0.1) is 11.8 Å². The van der Waals surface area contributed by atoms with Crippen molar-refractivity contribution < 1.29 is 43.8 Å². The number of carboxylic acid groups (broad SMARTS) is 1. The number of aliphatic carboxylic acids is 1. The van der Waals surface area contributed by atoms with E-state index < -0.39 is 78.4 Å². The molecule has 6 atom stereocenters. The van der Waals surface area contributed by atoms with Gasteiger partial charge in [-0.05, 0) is 44.4 Å². The number of hydrogen-bond acceptors (Lipinski definition) is 9. The van der Waals surface area contributed by atoms with Crippen molar-refractivity contribution >= 4 is 41.4 Å². The first-order valence-corrected chi connectivity index (χ1v) is 14.4. The molecule has 0 bridgehead atoms. The van der Waals surface area contributed by atoms with E-state index >= 15 is 0 Å². The van der Waals surface area contributed by atoms with Crippen molar-refractivity contribution in [2.75, 3.05) is 13.1 Å². The number of aliphatic hydroxyl groups is 1. The van der Waals surface area contributed by atoms with Crippen molar-refractivity contribution in [1.82, 2.24) is 26.2 Å². The highest BCUT2D eigenvalue weighted by Crippen LogP contribution is 2.20.